The third-order valence-corrected chi connectivity index (χ3v) is 4.68. The smallest absolute Gasteiger partial charge is 0.171 e. The second-order valence-corrected chi connectivity index (χ2v) is 8.56. The van der Waals surface area contributed by atoms with Gasteiger partial charge in [-0.2, -0.15) is 5.06 Å². The number of hydrogen-bond acceptors (Lipinski definition) is 5. The maximum atomic E-state index is 9.49. The van der Waals surface area contributed by atoms with Crippen molar-refractivity contribution in [2.24, 2.45) is 5.41 Å². The van der Waals surface area contributed by atoms with Crippen LogP contribution in [-0.4, -0.2) is 53.5 Å². The Morgan fingerprint density at radius 1 is 1.00 bits per heavy atom. The minimum atomic E-state index is -0.576. The summed E-state index contributed by atoms with van der Waals surface area (Å²) in [6.45, 7) is 14.7. The predicted molar refractivity (Wildman–Crippen MR) is 85.3 cm³/mol. The molecule has 0 aliphatic carbocycles. The maximum absolute atomic E-state index is 9.49. The third kappa shape index (κ3) is 3.49. The summed E-state index contributed by atoms with van der Waals surface area (Å²) in [5, 5.41) is 11.6. The molecular weight excluding hydrogens is 282 g/mol. The van der Waals surface area contributed by atoms with Gasteiger partial charge in [0.15, 0.2) is 5.79 Å². The van der Waals surface area contributed by atoms with Crippen LogP contribution < -0.4 is 0 Å². The molecule has 0 unspecified atom stereocenters. The zero-order valence-electron chi connectivity index (χ0n) is 15.1. The number of piperidine rings is 1. The number of hydrogen-bond donors (Lipinski definition) is 1. The van der Waals surface area contributed by atoms with Gasteiger partial charge in [0.1, 0.15) is 0 Å². The van der Waals surface area contributed by atoms with E-state index in [1.807, 2.05) is 6.92 Å². The molecule has 2 rings (SSSR count). The molecule has 2 aliphatic rings. The number of nitrogens with zero attached hydrogens (tertiary/aromatic N) is 1. The molecule has 0 aromatic carbocycles. The standard InChI is InChI=1S/C17H33NO4/c1-7-8-22-18-14(2,3)9-17(10-15(18,4)5)20-12-16(6,11-19)13-21-17/h19H,7-13H2,1-6H3. The number of rotatable bonds is 4. The number of aliphatic hydroxyl groups is 1. The van der Waals surface area contributed by atoms with Crippen LogP contribution in [0.3, 0.4) is 0 Å². The Balaban J connectivity index is 2.16. The van der Waals surface area contributed by atoms with E-state index in [4.69, 9.17) is 14.3 Å². The molecule has 5 nitrogen and oxygen atoms in total. The lowest BCUT2D eigenvalue weighted by atomic mass is 9.77. The number of hydroxylamine groups is 2. The molecule has 2 saturated heterocycles. The van der Waals surface area contributed by atoms with Gasteiger partial charge in [0.2, 0.25) is 0 Å². The van der Waals surface area contributed by atoms with Crippen molar-refractivity contribution in [2.45, 2.75) is 77.7 Å². The predicted octanol–water partition coefficient (Wildman–Crippen LogP) is 2.72. The van der Waals surface area contributed by atoms with Crippen LogP contribution in [0.5, 0.6) is 0 Å². The lowest BCUT2D eigenvalue weighted by molar-refractivity contribution is -0.382. The summed E-state index contributed by atoms with van der Waals surface area (Å²) in [6.07, 6.45) is 2.51. The molecule has 2 aliphatic heterocycles. The van der Waals surface area contributed by atoms with E-state index in [-0.39, 0.29) is 23.1 Å². The molecule has 22 heavy (non-hydrogen) atoms. The van der Waals surface area contributed by atoms with E-state index in [1.165, 1.54) is 0 Å². The van der Waals surface area contributed by atoms with Crippen molar-refractivity contribution in [3.05, 3.63) is 0 Å². The Bertz CT molecular complexity index is 366. The first kappa shape index (κ1) is 18.1. The fourth-order valence-corrected chi connectivity index (χ4v) is 3.87. The summed E-state index contributed by atoms with van der Waals surface area (Å²) >= 11 is 0. The van der Waals surface area contributed by atoms with Crippen molar-refractivity contribution in [3.8, 4) is 0 Å². The Morgan fingerprint density at radius 2 is 1.50 bits per heavy atom. The molecule has 0 saturated carbocycles. The summed E-state index contributed by atoms with van der Waals surface area (Å²) in [6, 6.07) is 0. The Morgan fingerprint density at radius 3 is 1.91 bits per heavy atom. The topological polar surface area (TPSA) is 51.2 Å². The molecule has 2 heterocycles. The largest absolute Gasteiger partial charge is 0.396 e. The zero-order valence-corrected chi connectivity index (χ0v) is 15.1. The second kappa shape index (κ2) is 6.02. The van der Waals surface area contributed by atoms with Crippen molar-refractivity contribution >= 4 is 0 Å². The van der Waals surface area contributed by atoms with Crippen LogP contribution >= 0.6 is 0 Å². The Hall–Kier alpha value is -0.200. The van der Waals surface area contributed by atoms with Crippen LogP contribution in [0.4, 0.5) is 0 Å². The lowest BCUT2D eigenvalue weighted by Crippen LogP contribution is -2.68. The van der Waals surface area contributed by atoms with Crippen molar-refractivity contribution in [3.63, 3.8) is 0 Å². The van der Waals surface area contributed by atoms with E-state index in [0.29, 0.717) is 13.2 Å². The van der Waals surface area contributed by atoms with Crippen molar-refractivity contribution in [1.82, 2.24) is 5.06 Å². The van der Waals surface area contributed by atoms with Crippen LogP contribution in [0.2, 0.25) is 0 Å². The van der Waals surface area contributed by atoms with Gasteiger partial charge in [-0.25, -0.2) is 0 Å². The molecular formula is C17H33NO4. The van der Waals surface area contributed by atoms with Gasteiger partial charge in [-0.05, 0) is 34.1 Å². The van der Waals surface area contributed by atoms with E-state index >= 15 is 0 Å². The van der Waals surface area contributed by atoms with Gasteiger partial charge in [0.05, 0.1) is 26.4 Å². The highest BCUT2D eigenvalue weighted by Crippen LogP contribution is 2.48. The highest BCUT2D eigenvalue weighted by molar-refractivity contribution is 5.02. The lowest BCUT2D eigenvalue weighted by Gasteiger charge is -2.59. The minimum Gasteiger partial charge on any atom is -0.396 e. The zero-order chi connectivity index (χ0) is 16.6. The quantitative estimate of drug-likeness (QED) is 0.864. The maximum Gasteiger partial charge on any atom is 0.171 e. The minimum absolute atomic E-state index is 0.0849. The average molecular weight is 315 g/mol. The van der Waals surface area contributed by atoms with Gasteiger partial charge in [-0.3, -0.25) is 4.84 Å². The fraction of sp³-hybridized carbons (Fsp3) is 1.00. The molecule has 0 bridgehead atoms. The van der Waals surface area contributed by atoms with Crippen LogP contribution in [0.1, 0.15) is 60.8 Å². The summed E-state index contributed by atoms with van der Waals surface area (Å²) in [7, 11) is 0. The molecule has 0 amide bonds. The average Bonchev–Trinajstić information content (AvgIpc) is 2.40. The summed E-state index contributed by atoms with van der Waals surface area (Å²) in [5.41, 5.74) is -0.650. The highest BCUT2D eigenvalue weighted by atomic mass is 16.7. The molecule has 2 fully saturated rings. The van der Waals surface area contributed by atoms with Crippen LogP contribution in [-0.2, 0) is 14.3 Å². The second-order valence-electron chi connectivity index (χ2n) is 8.56. The van der Waals surface area contributed by atoms with E-state index in [1.54, 1.807) is 0 Å². The van der Waals surface area contributed by atoms with Gasteiger partial charge in [-0.15, -0.1) is 0 Å². The van der Waals surface area contributed by atoms with E-state index in [0.717, 1.165) is 25.9 Å². The van der Waals surface area contributed by atoms with Crippen molar-refractivity contribution < 1.29 is 19.4 Å². The third-order valence-electron chi connectivity index (χ3n) is 4.68. The van der Waals surface area contributed by atoms with E-state index < -0.39 is 5.79 Å². The van der Waals surface area contributed by atoms with Gasteiger partial charge in [0.25, 0.3) is 0 Å². The molecule has 0 atom stereocenters. The van der Waals surface area contributed by atoms with Crippen molar-refractivity contribution in [1.29, 1.82) is 0 Å². The Kier molecular flexibility index (Phi) is 4.97. The molecule has 0 aromatic rings. The van der Waals surface area contributed by atoms with Gasteiger partial charge >= 0.3 is 0 Å². The first-order valence-corrected chi connectivity index (χ1v) is 8.40. The number of aliphatic hydroxyl groups excluding tert-OH is 1. The molecule has 130 valence electrons. The molecule has 0 aromatic heterocycles. The first-order chi connectivity index (χ1) is 10.1. The van der Waals surface area contributed by atoms with Crippen LogP contribution in [0.15, 0.2) is 0 Å². The molecule has 5 heteroatoms. The summed E-state index contributed by atoms with van der Waals surface area (Å²) in [5.74, 6) is -0.576. The Labute approximate surface area is 134 Å². The van der Waals surface area contributed by atoms with Crippen molar-refractivity contribution in [2.75, 3.05) is 26.4 Å². The first-order valence-electron chi connectivity index (χ1n) is 8.40. The van der Waals surface area contributed by atoms with E-state index in [2.05, 4.69) is 39.7 Å². The molecule has 1 spiro atoms. The summed E-state index contributed by atoms with van der Waals surface area (Å²) in [4.78, 5) is 6.04. The SMILES string of the molecule is CCCON1C(C)(C)CC2(CC1(C)C)OCC(C)(CO)CO2. The fourth-order valence-electron chi connectivity index (χ4n) is 3.87. The van der Waals surface area contributed by atoms with Gasteiger partial charge in [-0.1, -0.05) is 13.8 Å². The normalized spacial score (nSPS) is 29.6. The van der Waals surface area contributed by atoms with Gasteiger partial charge < -0.3 is 14.6 Å². The van der Waals surface area contributed by atoms with E-state index in [9.17, 15) is 5.11 Å². The van der Waals surface area contributed by atoms with Gasteiger partial charge in [0, 0.05) is 29.3 Å². The molecule has 0 radical (unpaired) electrons. The highest BCUT2D eigenvalue weighted by Gasteiger charge is 2.57. The van der Waals surface area contributed by atoms with Crippen LogP contribution in [0, 0.1) is 5.41 Å². The number of ether oxygens (including phenoxy) is 2. The monoisotopic (exact) mass is 315 g/mol. The molecule has 1 N–H and O–H groups in total. The summed E-state index contributed by atoms with van der Waals surface area (Å²) < 4.78 is 12.3. The van der Waals surface area contributed by atoms with Crippen LogP contribution in [0.25, 0.3) is 0 Å².